The van der Waals surface area contributed by atoms with E-state index in [0.29, 0.717) is 12.1 Å². The number of benzene rings is 1. The molecule has 0 radical (unpaired) electrons. The van der Waals surface area contributed by atoms with Crippen LogP contribution >= 0.6 is 0 Å². The van der Waals surface area contributed by atoms with Crippen LogP contribution in [0.5, 0.6) is 0 Å². The highest BCUT2D eigenvalue weighted by Crippen LogP contribution is 2.14. The lowest BCUT2D eigenvalue weighted by Crippen LogP contribution is -2.30. The summed E-state index contributed by atoms with van der Waals surface area (Å²) in [4.78, 5) is 4.26. The van der Waals surface area contributed by atoms with E-state index < -0.39 is 12.9 Å². The van der Waals surface area contributed by atoms with Gasteiger partial charge in [0.2, 0.25) is 0 Å². The molecule has 0 saturated carbocycles. The standard InChI is InChI=1S/C13H16BFN2O2/c1-9(2)13-16-3-4-17(13)8-10-5-11(14(18)19)7-12(15)6-10/h3-7,9,18-19H,8H2,1-2H3. The molecule has 0 atom stereocenters. The Morgan fingerprint density at radius 3 is 2.68 bits per heavy atom. The third-order valence-electron chi connectivity index (χ3n) is 2.90. The minimum atomic E-state index is -1.66. The summed E-state index contributed by atoms with van der Waals surface area (Å²) in [6.45, 7) is 4.52. The molecular formula is C13H16BFN2O2. The SMILES string of the molecule is CC(C)c1nccn1Cc1cc(F)cc(B(O)O)c1. The molecule has 0 saturated heterocycles. The van der Waals surface area contributed by atoms with Gasteiger partial charge in [-0.15, -0.1) is 0 Å². The molecule has 19 heavy (non-hydrogen) atoms. The molecule has 4 nitrogen and oxygen atoms in total. The maximum atomic E-state index is 13.4. The number of hydrogen-bond donors (Lipinski definition) is 2. The summed E-state index contributed by atoms with van der Waals surface area (Å²) < 4.78 is 15.4. The van der Waals surface area contributed by atoms with Gasteiger partial charge in [-0.25, -0.2) is 9.37 Å². The zero-order valence-electron chi connectivity index (χ0n) is 10.9. The summed E-state index contributed by atoms with van der Waals surface area (Å²) >= 11 is 0. The van der Waals surface area contributed by atoms with Crippen LogP contribution in [0.2, 0.25) is 0 Å². The predicted molar refractivity (Wildman–Crippen MR) is 71.6 cm³/mol. The van der Waals surface area contributed by atoms with Crippen LogP contribution in [0.1, 0.15) is 31.2 Å². The van der Waals surface area contributed by atoms with Crippen molar-refractivity contribution in [3.8, 4) is 0 Å². The van der Waals surface area contributed by atoms with Gasteiger partial charge in [0.15, 0.2) is 0 Å². The van der Waals surface area contributed by atoms with E-state index in [1.165, 1.54) is 6.07 Å². The Hall–Kier alpha value is -1.66. The van der Waals surface area contributed by atoms with E-state index in [-0.39, 0.29) is 11.4 Å². The summed E-state index contributed by atoms with van der Waals surface area (Å²) in [5.74, 6) is 0.702. The van der Waals surface area contributed by atoms with Crippen molar-refractivity contribution in [1.82, 2.24) is 9.55 Å². The van der Waals surface area contributed by atoms with E-state index in [9.17, 15) is 4.39 Å². The van der Waals surface area contributed by atoms with E-state index in [4.69, 9.17) is 10.0 Å². The molecule has 0 aliphatic rings. The van der Waals surface area contributed by atoms with Crippen molar-refractivity contribution in [3.05, 3.63) is 47.8 Å². The van der Waals surface area contributed by atoms with Crippen LogP contribution in [-0.4, -0.2) is 26.7 Å². The zero-order chi connectivity index (χ0) is 14.0. The molecule has 2 N–H and O–H groups in total. The lowest BCUT2D eigenvalue weighted by atomic mass is 9.79. The molecular weight excluding hydrogens is 246 g/mol. The van der Waals surface area contributed by atoms with E-state index in [1.807, 2.05) is 24.6 Å². The predicted octanol–water partition coefficient (Wildman–Crippen LogP) is 0.874. The number of halogens is 1. The van der Waals surface area contributed by atoms with Gasteiger partial charge >= 0.3 is 7.12 Å². The number of imidazole rings is 1. The first-order chi connectivity index (χ1) is 8.97. The molecule has 1 heterocycles. The first-order valence-electron chi connectivity index (χ1n) is 6.14. The van der Waals surface area contributed by atoms with E-state index in [0.717, 1.165) is 11.9 Å². The van der Waals surface area contributed by atoms with Crippen molar-refractivity contribution < 1.29 is 14.4 Å². The molecule has 2 aromatic rings. The Bertz CT molecular complexity index is 570. The van der Waals surface area contributed by atoms with Crippen molar-refractivity contribution in [2.45, 2.75) is 26.3 Å². The average Bonchev–Trinajstić information content (AvgIpc) is 2.76. The monoisotopic (exact) mass is 262 g/mol. The molecule has 1 aromatic carbocycles. The van der Waals surface area contributed by atoms with Crippen LogP contribution in [-0.2, 0) is 6.54 Å². The highest BCUT2D eigenvalue weighted by Gasteiger charge is 2.14. The van der Waals surface area contributed by atoms with Crippen molar-refractivity contribution >= 4 is 12.6 Å². The van der Waals surface area contributed by atoms with Gasteiger partial charge in [0.25, 0.3) is 0 Å². The highest BCUT2D eigenvalue weighted by molar-refractivity contribution is 6.58. The van der Waals surface area contributed by atoms with Gasteiger partial charge in [-0.3, -0.25) is 0 Å². The first-order valence-corrected chi connectivity index (χ1v) is 6.14. The van der Waals surface area contributed by atoms with Crippen LogP contribution < -0.4 is 5.46 Å². The van der Waals surface area contributed by atoms with Gasteiger partial charge in [-0.2, -0.15) is 0 Å². The largest absolute Gasteiger partial charge is 0.488 e. The number of rotatable bonds is 4. The topological polar surface area (TPSA) is 58.3 Å². The molecule has 0 spiro atoms. The fraction of sp³-hybridized carbons (Fsp3) is 0.308. The van der Waals surface area contributed by atoms with Crippen LogP contribution in [0.3, 0.4) is 0 Å². The van der Waals surface area contributed by atoms with Crippen molar-refractivity contribution in [3.63, 3.8) is 0 Å². The van der Waals surface area contributed by atoms with E-state index in [2.05, 4.69) is 4.98 Å². The number of aromatic nitrogens is 2. The third-order valence-corrected chi connectivity index (χ3v) is 2.90. The highest BCUT2D eigenvalue weighted by atomic mass is 19.1. The normalized spacial score (nSPS) is 11.1. The minimum absolute atomic E-state index is 0.154. The molecule has 100 valence electrons. The molecule has 1 aromatic heterocycles. The molecule has 0 aliphatic heterocycles. The van der Waals surface area contributed by atoms with Crippen molar-refractivity contribution in [2.24, 2.45) is 0 Å². The van der Waals surface area contributed by atoms with E-state index in [1.54, 1.807) is 12.3 Å². The van der Waals surface area contributed by atoms with Gasteiger partial charge in [-0.1, -0.05) is 19.9 Å². The second-order valence-electron chi connectivity index (χ2n) is 4.83. The van der Waals surface area contributed by atoms with Crippen LogP contribution in [0.15, 0.2) is 30.6 Å². The smallest absolute Gasteiger partial charge is 0.423 e. The molecule has 0 unspecified atom stereocenters. The molecule has 0 amide bonds. The Morgan fingerprint density at radius 2 is 2.05 bits per heavy atom. The van der Waals surface area contributed by atoms with Crippen molar-refractivity contribution in [1.29, 1.82) is 0 Å². The van der Waals surface area contributed by atoms with Gasteiger partial charge in [0.05, 0.1) is 0 Å². The van der Waals surface area contributed by atoms with Gasteiger partial charge in [0.1, 0.15) is 11.6 Å². The minimum Gasteiger partial charge on any atom is -0.423 e. The summed E-state index contributed by atoms with van der Waals surface area (Å²) in [7, 11) is -1.66. The van der Waals surface area contributed by atoms with Gasteiger partial charge < -0.3 is 14.6 Å². The lowest BCUT2D eigenvalue weighted by molar-refractivity contribution is 0.425. The zero-order valence-corrected chi connectivity index (χ0v) is 10.9. The molecule has 0 fully saturated rings. The van der Waals surface area contributed by atoms with E-state index >= 15 is 0 Å². The Kier molecular flexibility index (Phi) is 4.02. The maximum Gasteiger partial charge on any atom is 0.488 e. The van der Waals surface area contributed by atoms with Crippen molar-refractivity contribution in [2.75, 3.05) is 0 Å². The summed E-state index contributed by atoms with van der Waals surface area (Å²) in [5, 5.41) is 18.2. The second-order valence-corrected chi connectivity index (χ2v) is 4.83. The number of hydrogen-bond acceptors (Lipinski definition) is 3. The fourth-order valence-electron chi connectivity index (χ4n) is 2.07. The summed E-state index contributed by atoms with van der Waals surface area (Å²) in [5.41, 5.74) is 0.823. The molecule has 0 bridgehead atoms. The maximum absolute atomic E-state index is 13.4. The lowest BCUT2D eigenvalue weighted by Gasteiger charge is -2.11. The second kappa shape index (κ2) is 5.55. The van der Waals surface area contributed by atoms with Crippen LogP contribution in [0.25, 0.3) is 0 Å². The quantitative estimate of drug-likeness (QED) is 0.804. The van der Waals surface area contributed by atoms with Gasteiger partial charge in [0, 0.05) is 24.9 Å². The molecule has 2 rings (SSSR count). The van der Waals surface area contributed by atoms with Crippen LogP contribution in [0.4, 0.5) is 4.39 Å². The summed E-state index contributed by atoms with van der Waals surface area (Å²) in [6.07, 6.45) is 3.53. The Balaban J connectivity index is 2.30. The fourth-order valence-corrected chi connectivity index (χ4v) is 2.07. The molecule has 0 aliphatic carbocycles. The van der Waals surface area contributed by atoms with Crippen LogP contribution in [0, 0.1) is 5.82 Å². The molecule has 6 heteroatoms. The number of nitrogens with zero attached hydrogens (tertiary/aromatic N) is 2. The van der Waals surface area contributed by atoms with Gasteiger partial charge in [-0.05, 0) is 23.2 Å². The third kappa shape index (κ3) is 3.21. The Morgan fingerprint density at radius 1 is 1.32 bits per heavy atom. The Labute approximate surface area is 111 Å². The average molecular weight is 262 g/mol. The summed E-state index contributed by atoms with van der Waals surface area (Å²) in [6, 6.07) is 4.08. The first kappa shape index (κ1) is 13.8.